The van der Waals surface area contributed by atoms with E-state index in [-0.39, 0.29) is 11.9 Å². The van der Waals surface area contributed by atoms with Gasteiger partial charge in [-0.3, -0.25) is 9.10 Å². The van der Waals surface area contributed by atoms with Crippen LogP contribution in [0.3, 0.4) is 0 Å². The molecule has 0 spiro atoms. The minimum atomic E-state index is -3.65. The predicted octanol–water partition coefficient (Wildman–Crippen LogP) is 3.65. The second-order valence-corrected chi connectivity index (χ2v) is 9.84. The second kappa shape index (κ2) is 8.06. The van der Waals surface area contributed by atoms with E-state index in [2.05, 4.69) is 5.32 Å². The topological polar surface area (TPSA) is 75.7 Å². The van der Waals surface area contributed by atoms with Crippen molar-refractivity contribution in [3.63, 3.8) is 0 Å². The zero-order valence-electron chi connectivity index (χ0n) is 17.3. The molecule has 1 heterocycles. The van der Waals surface area contributed by atoms with Crippen molar-refractivity contribution in [3.05, 3.63) is 60.2 Å². The maximum Gasteiger partial charge on any atom is 0.244 e. The van der Waals surface area contributed by atoms with Crippen LogP contribution >= 0.6 is 0 Å². The summed E-state index contributed by atoms with van der Waals surface area (Å²) in [5, 5.41) is 3.08. The average Bonchev–Trinajstić information content (AvgIpc) is 2.64. The van der Waals surface area contributed by atoms with Crippen molar-refractivity contribution >= 4 is 21.6 Å². The Morgan fingerprint density at radius 2 is 1.79 bits per heavy atom. The van der Waals surface area contributed by atoms with Crippen molar-refractivity contribution in [3.8, 4) is 5.75 Å². The molecule has 156 valence electrons. The molecule has 1 aliphatic rings. The fourth-order valence-electron chi connectivity index (χ4n) is 3.83. The Morgan fingerprint density at radius 1 is 1.17 bits per heavy atom. The van der Waals surface area contributed by atoms with Gasteiger partial charge >= 0.3 is 0 Å². The number of para-hydroxylation sites is 2. The van der Waals surface area contributed by atoms with Crippen LogP contribution in [0.4, 0.5) is 5.69 Å². The molecule has 0 fully saturated rings. The minimum absolute atomic E-state index is 0.256. The highest BCUT2D eigenvalue weighted by Gasteiger charge is 2.37. The second-order valence-electron chi connectivity index (χ2n) is 7.98. The number of carbonyl (C=O) groups excluding carboxylic acids is 1. The number of rotatable bonds is 6. The van der Waals surface area contributed by atoms with Gasteiger partial charge in [0.05, 0.1) is 18.0 Å². The highest BCUT2D eigenvalue weighted by molar-refractivity contribution is 7.92. The van der Waals surface area contributed by atoms with E-state index < -0.39 is 21.7 Å². The number of sulfonamides is 1. The van der Waals surface area contributed by atoms with Crippen molar-refractivity contribution in [2.75, 3.05) is 10.6 Å². The first kappa shape index (κ1) is 21.2. The van der Waals surface area contributed by atoms with E-state index in [1.54, 1.807) is 24.3 Å². The summed E-state index contributed by atoms with van der Waals surface area (Å²) in [6, 6.07) is 15.3. The first-order valence-electron chi connectivity index (χ1n) is 9.75. The molecule has 1 amide bonds. The largest absolute Gasteiger partial charge is 0.487 e. The van der Waals surface area contributed by atoms with Crippen molar-refractivity contribution < 1.29 is 17.9 Å². The van der Waals surface area contributed by atoms with Gasteiger partial charge in [0.2, 0.25) is 15.9 Å². The van der Waals surface area contributed by atoms with Crippen molar-refractivity contribution in [2.45, 2.75) is 51.3 Å². The molecule has 2 atom stereocenters. The van der Waals surface area contributed by atoms with Crippen LogP contribution in [0.5, 0.6) is 5.75 Å². The number of nitrogens with zero attached hydrogens (tertiary/aromatic N) is 1. The Hall–Kier alpha value is -2.54. The van der Waals surface area contributed by atoms with Gasteiger partial charge in [0.25, 0.3) is 0 Å². The van der Waals surface area contributed by atoms with Crippen LogP contribution < -0.4 is 14.4 Å². The predicted molar refractivity (Wildman–Crippen MR) is 114 cm³/mol. The minimum Gasteiger partial charge on any atom is -0.487 e. The molecule has 6 nitrogen and oxygen atoms in total. The summed E-state index contributed by atoms with van der Waals surface area (Å²) >= 11 is 0. The van der Waals surface area contributed by atoms with Crippen LogP contribution in [0.15, 0.2) is 54.6 Å². The SMILES string of the molecule is CCC(C(=O)NC1CC(C)(C)Oc2ccccc21)N(c1ccccc1)S(C)(=O)=O. The van der Waals surface area contributed by atoms with E-state index in [4.69, 9.17) is 4.74 Å². The fourth-order valence-corrected chi connectivity index (χ4v) is 5.05. The smallest absolute Gasteiger partial charge is 0.244 e. The molecule has 0 saturated heterocycles. The number of anilines is 1. The number of carbonyl (C=O) groups is 1. The lowest BCUT2D eigenvalue weighted by molar-refractivity contribution is -0.123. The number of nitrogens with one attached hydrogen (secondary N) is 1. The fraction of sp³-hybridized carbons (Fsp3) is 0.409. The third-order valence-corrected chi connectivity index (χ3v) is 6.21. The van der Waals surface area contributed by atoms with Crippen LogP contribution in [0.1, 0.15) is 45.2 Å². The average molecular weight is 417 g/mol. The number of ether oxygens (including phenoxy) is 1. The van der Waals surface area contributed by atoms with Crippen LogP contribution in [-0.2, 0) is 14.8 Å². The Kier molecular flexibility index (Phi) is 5.89. The Labute approximate surface area is 172 Å². The maximum absolute atomic E-state index is 13.3. The van der Waals surface area contributed by atoms with Gasteiger partial charge in [0.1, 0.15) is 17.4 Å². The molecular weight excluding hydrogens is 388 g/mol. The monoisotopic (exact) mass is 416 g/mol. The summed E-state index contributed by atoms with van der Waals surface area (Å²) in [5.74, 6) is 0.421. The number of benzene rings is 2. The van der Waals surface area contributed by atoms with E-state index in [9.17, 15) is 13.2 Å². The lowest BCUT2D eigenvalue weighted by Crippen LogP contribution is -2.51. The molecule has 7 heteroatoms. The standard InChI is InChI=1S/C22H28N2O4S/c1-5-19(24(29(4,26)27)16-11-7-6-8-12-16)21(25)23-18-15-22(2,3)28-20-14-10-9-13-17(18)20/h6-14,18-19H,5,15H2,1-4H3,(H,23,25). The van der Waals surface area contributed by atoms with E-state index in [1.165, 1.54) is 4.31 Å². The van der Waals surface area contributed by atoms with Crippen molar-refractivity contribution in [1.29, 1.82) is 0 Å². The molecule has 0 saturated carbocycles. The van der Waals surface area contributed by atoms with Crippen LogP contribution in [0.25, 0.3) is 0 Å². The number of fused-ring (bicyclic) bond motifs is 1. The van der Waals surface area contributed by atoms with Gasteiger partial charge in [0.15, 0.2) is 0 Å². The molecule has 1 N–H and O–H groups in total. The zero-order chi connectivity index (χ0) is 21.2. The third kappa shape index (κ3) is 4.72. The van der Waals surface area contributed by atoms with E-state index in [1.807, 2.05) is 51.1 Å². The van der Waals surface area contributed by atoms with E-state index in [0.717, 1.165) is 17.6 Å². The summed E-state index contributed by atoms with van der Waals surface area (Å²) in [7, 11) is -3.65. The normalized spacial score (nSPS) is 18.8. The molecule has 2 unspecified atom stereocenters. The maximum atomic E-state index is 13.3. The molecule has 0 aromatic heterocycles. The molecular formula is C22H28N2O4S. The first-order chi connectivity index (χ1) is 13.6. The molecule has 1 aliphatic heterocycles. The quantitative estimate of drug-likeness (QED) is 0.780. The lowest BCUT2D eigenvalue weighted by Gasteiger charge is -2.39. The summed E-state index contributed by atoms with van der Waals surface area (Å²) in [4.78, 5) is 13.3. The molecule has 3 rings (SSSR count). The van der Waals surface area contributed by atoms with Crippen LogP contribution in [0, 0.1) is 0 Å². The third-order valence-electron chi connectivity index (χ3n) is 5.03. The van der Waals surface area contributed by atoms with Crippen LogP contribution in [0.2, 0.25) is 0 Å². The summed E-state index contributed by atoms with van der Waals surface area (Å²) in [6.45, 7) is 5.77. The van der Waals surface area contributed by atoms with E-state index >= 15 is 0 Å². The summed E-state index contributed by atoms with van der Waals surface area (Å²) in [6.07, 6.45) is 2.07. The van der Waals surface area contributed by atoms with Gasteiger partial charge in [0, 0.05) is 12.0 Å². The number of hydrogen-bond acceptors (Lipinski definition) is 4. The number of hydrogen-bond donors (Lipinski definition) is 1. The van der Waals surface area contributed by atoms with Gasteiger partial charge in [-0.2, -0.15) is 0 Å². The summed E-state index contributed by atoms with van der Waals surface area (Å²) in [5.41, 5.74) is 0.939. The lowest BCUT2D eigenvalue weighted by atomic mass is 9.89. The van der Waals surface area contributed by atoms with E-state index in [0.29, 0.717) is 18.5 Å². The molecule has 29 heavy (non-hydrogen) atoms. The van der Waals surface area contributed by atoms with Gasteiger partial charge < -0.3 is 10.1 Å². The van der Waals surface area contributed by atoms with Gasteiger partial charge in [-0.15, -0.1) is 0 Å². The van der Waals surface area contributed by atoms with Gasteiger partial charge in [-0.25, -0.2) is 8.42 Å². The number of amides is 1. The molecule has 0 bridgehead atoms. The molecule has 2 aromatic rings. The van der Waals surface area contributed by atoms with Gasteiger partial charge in [-0.1, -0.05) is 43.3 Å². The van der Waals surface area contributed by atoms with Crippen molar-refractivity contribution in [2.24, 2.45) is 0 Å². The highest BCUT2D eigenvalue weighted by Crippen LogP contribution is 2.39. The molecule has 0 aliphatic carbocycles. The molecule has 2 aromatic carbocycles. The molecule has 0 radical (unpaired) electrons. The zero-order valence-corrected chi connectivity index (χ0v) is 18.1. The first-order valence-corrected chi connectivity index (χ1v) is 11.6. The highest BCUT2D eigenvalue weighted by atomic mass is 32.2. The van der Waals surface area contributed by atoms with Gasteiger partial charge in [-0.05, 0) is 38.5 Å². The summed E-state index contributed by atoms with van der Waals surface area (Å²) < 4.78 is 32.4. The Morgan fingerprint density at radius 3 is 2.41 bits per heavy atom. The Balaban J connectivity index is 1.92. The van der Waals surface area contributed by atoms with Crippen molar-refractivity contribution in [1.82, 2.24) is 5.32 Å². The van der Waals surface area contributed by atoms with Crippen LogP contribution in [-0.4, -0.2) is 32.2 Å². The Bertz CT molecular complexity index is 973.